The molecule has 5 nitrogen and oxygen atoms in total. The Balaban J connectivity index is 1.72. The number of rotatable bonds is 6. The topological polar surface area (TPSA) is 82.9 Å². The van der Waals surface area contributed by atoms with Gasteiger partial charge in [0.2, 0.25) is 10.0 Å². The number of benzene rings is 1. The lowest BCUT2D eigenvalue weighted by Gasteiger charge is -2.12. The van der Waals surface area contributed by atoms with Crippen LogP contribution in [-0.4, -0.2) is 13.4 Å². The van der Waals surface area contributed by atoms with E-state index in [1.54, 1.807) is 30.4 Å². The average molecular weight is 347 g/mol. The molecule has 1 fully saturated rings. The van der Waals surface area contributed by atoms with Gasteiger partial charge in [0.05, 0.1) is 34.1 Å². The summed E-state index contributed by atoms with van der Waals surface area (Å²) in [5, 5.41) is 11.7. The second kappa shape index (κ2) is 6.40. The molecule has 0 unspecified atom stereocenters. The minimum atomic E-state index is -3.60. The SMILES string of the molecule is C[C@@H](NS(=O)(=O)c1ccc(CC#N)cc1)c1csc(C2CC2)n1. The first-order chi connectivity index (χ1) is 11.0. The van der Waals surface area contributed by atoms with Crippen LogP contribution in [0, 0.1) is 11.3 Å². The Morgan fingerprint density at radius 2 is 2.09 bits per heavy atom. The van der Waals surface area contributed by atoms with Gasteiger partial charge in [-0.05, 0) is 37.5 Å². The van der Waals surface area contributed by atoms with Gasteiger partial charge in [0.25, 0.3) is 0 Å². The summed E-state index contributed by atoms with van der Waals surface area (Å²) in [6, 6.07) is 8.05. The maximum Gasteiger partial charge on any atom is 0.241 e. The number of aromatic nitrogens is 1. The molecule has 120 valence electrons. The van der Waals surface area contributed by atoms with Crippen LogP contribution in [0.5, 0.6) is 0 Å². The molecule has 23 heavy (non-hydrogen) atoms. The lowest BCUT2D eigenvalue weighted by Crippen LogP contribution is -2.27. The van der Waals surface area contributed by atoms with Gasteiger partial charge < -0.3 is 0 Å². The van der Waals surface area contributed by atoms with Crippen LogP contribution < -0.4 is 4.72 Å². The molecular formula is C16H17N3O2S2. The van der Waals surface area contributed by atoms with Gasteiger partial charge in [0, 0.05) is 11.3 Å². The largest absolute Gasteiger partial charge is 0.244 e. The van der Waals surface area contributed by atoms with E-state index in [2.05, 4.69) is 9.71 Å². The van der Waals surface area contributed by atoms with Crippen molar-refractivity contribution >= 4 is 21.4 Å². The van der Waals surface area contributed by atoms with Gasteiger partial charge in [-0.3, -0.25) is 0 Å². The predicted molar refractivity (Wildman–Crippen MR) is 88.6 cm³/mol. The van der Waals surface area contributed by atoms with Crippen molar-refractivity contribution in [3.63, 3.8) is 0 Å². The van der Waals surface area contributed by atoms with Crippen molar-refractivity contribution in [2.75, 3.05) is 0 Å². The van der Waals surface area contributed by atoms with Crippen molar-refractivity contribution in [2.24, 2.45) is 0 Å². The van der Waals surface area contributed by atoms with Crippen LogP contribution in [0.25, 0.3) is 0 Å². The van der Waals surface area contributed by atoms with Gasteiger partial charge in [-0.2, -0.15) is 5.26 Å². The van der Waals surface area contributed by atoms with E-state index in [0.717, 1.165) is 16.3 Å². The number of nitriles is 1. The normalized spacial score (nSPS) is 16.0. The maximum atomic E-state index is 12.4. The summed E-state index contributed by atoms with van der Waals surface area (Å²) in [5.41, 5.74) is 1.56. The van der Waals surface area contributed by atoms with Crippen molar-refractivity contribution in [2.45, 2.75) is 43.0 Å². The van der Waals surface area contributed by atoms with Crippen molar-refractivity contribution in [1.82, 2.24) is 9.71 Å². The molecule has 1 aliphatic carbocycles. The van der Waals surface area contributed by atoms with Crippen molar-refractivity contribution in [1.29, 1.82) is 5.26 Å². The molecule has 0 amide bonds. The third kappa shape index (κ3) is 3.78. The highest BCUT2D eigenvalue weighted by atomic mass is 32.2. The minimum absolute atomic E-state index is 0.198. The zero-order valence-electron chi connectivity index (χ0n) is 12.7. The van der Waals surface area contributed by atoms with E-state index in [1.165, 1.54) is 25.0 Å². The van der Waals surface area contributed by atoms with Crippen LogP contribution in [0.15, 0.2) is 34.5 Å². The standard InChI is InChI=1S/C16H17N3O2S2/c1-11(15-10-22-16(18-15)13-4-5-13)19-23(20,21)14-6-2-12(3-7-14)8-9-17/h2-3,6-7,10-11,13,19H,4-5,8H2,1H3/t11-/m1/s1. The lowest BCUT2D eigenvalue weighted by atomic mass is 10.2. The molecular weight excluding hydrogens is 330 g/mol. The van der Waals surface area contributed by atoms with Crippen LogP contribution in [0.2, 0.25) is 0 Å². The molecule has 1 aromatic carbocycles. The van der Waals surface area contributed by atoms with Gasteiger partial charge in [-0.15, -0.1) is 11.3 Å². The summed E-state index contributed by atoms with van der Waals surface area (Å²) < 4.78 is 27.5. The minimum Gasteiger partial charge on any atom is -0.244 e. The first kappa shape index (κ1) is 16.1. The van der Waals surface area contributed by atoms with Crippen molar-refractivity contribution in [3.05, 3.63) is 45.9 Å². The molecule has 2 aromatic rings. The lowest BCUT2D eigenvalue weighted by molar-refractivity contribution is 0.564. The molecule has 0 bridgehead atoms. The van der Waals surface area contributed by atoms with Crippen molar-refractivity contribution < 1.29 is 8.42 Å². The fourth-order valence-electron chi connectivity index (χ4n) is 2.26. The molecule has 3 rings (SSSR count). The van der Waals surface area contributed by atoms with Crippen LogP contribution in [0.4, 0.5) is 0 Å². The summed E-state index contributed by atoms with van der Waals surface area (Å²) in [6.45, 7) is 1.80. The molecule has 1 heterocycles. The highest BCUT2D eigenvalue weighted by Crippen LogP contribution is 2.41. The molecule has 1 saturated carbocycles. The first-order valence-corrected chi connectivity index (χ1v) is 9.79. The van der Waals surface area contributed by atoms with E-state index in [4.69, 9.17) is 5.26 Å². The van der Waals surface area contributed by atoms with Crippen LogP contribution in [0.1, 0.15) is 48.0 Å². The fraction of sp³-hybridized carbons (Fsp3) is 0.375. The fourth-order valence-corrected chi connectivity index (χ4v) is 4.56. The molecule has 0 aliphatic heterocycles. The molecule has 1 N–H and O–H groups in total. The van der Waals surface area contributed by atoms with Gasteiger partial charge in [0.15, 0.2) is 0 Å². The Hall–Kier alpha value is -1.75. The zero-order chi connectivity index (χ0) is 16.4. The van der Waals surface area contributed by atoms with Gasteiger partial charge in [-0.1, -0.05) is 12.1 Å². The Bertz CT molecular complexity index is 831. The van der Waals surface area contributed by atoms with E-state index >= 15 is 0 Å². The number of nitrogens with zero attached hydrogens (tertiary/aromatic N) is 2. The van der Waals surface area contributed by atoms with Gasteiger partial charge in [-0.25, -0.2) is 18.1 Å². The predicted octanol–water partition coefficient (Wildman–Crippen LogP) is 3.13. The van der Waals surface area contributed by atoms with E-state index in [1.807, 2.05) is 11.4 Å². The smallest absolute Gasteiger partial charge is 0.241 e. The van der Waals surface area contributed by atoms with Gasteiger partial charge >= 0.3 is 0 Å². The molecule has 1 aromatic heterocycles. The molecule has 0 radical (unpaired) electrons. The second-order valence-corrected chi connectivity index (χ2v) is 8.31. The Morgan fingerprint density at radius 1 is 1.39 bits per heavy atom. The van der Waals surface area contributed by atoms with E-state index in [9.17, 15) is 8.42 Å². The third-order valence-electron chi connectivity index (χ3n) is 3.76. The first-order valence-electron chi connectivity index (χ1n) is 7.43. The highest BCUT2D eigenvalue weighted by Gasteiger charge is 2.28. The van der Waals surface area contributed by atoms with Crippen LogP contribution >= 0.6 is 11.3 Å². The van der Waals surface area contributed by atoms with E-state index in [0.29, 0.717) is 5.92 Å². The highest BCUT2D eigenvalue weighted by molar-refractivity contribution is 7.89. The molecule has 0 saturated heterocycles. The molecule has 1 aliphatic rings. The number of nitrogens with one attached hydrogen (secondary N) is 1. The number of hydrogen-bond acceptors (Lipinski definition) is 5. The average Bonchev–Trinajstić information content (AvgIpc) is 3.25. The number of hydrogen-bond donors (Lipinski definition) is 1. The zero-order valence-corrected chi connectivity index (χ0v) is 14.3. The van der Waals surface area contributed by atoms with E-state index in [-0.39, 0.29) is 17.4 Å². The van der Waals surface area contributed by atoms with Gasteiger partial charge in [0.1, 0.15) is 0 Å². The van der Waals surface area contributed by atoms with Crippen molar-refractivity contribution in [3.8, 4) is 6.07 Å². The molecule has 0 spiro atoms. The summed E-state index contributed by atoms with van der Waals surface area (Å²) in [4.78, 5) is 4.74. The third-order valence-corrected chi connectivity index (χ3v) is 6.34. The molecule has 7 heteroatoms. The Labute approximate surface area is 140 Å². The summed E-state index contributed by atoms with van der Waals surface area (Å²) >= 11 is 1.60. The molecule has 1 atom stereocenters. The summed E-state index contributed by atoms with van der Waals surface area (Å²) in [5.74, 6) is 0.574. The summed E-state index contributed by atoms with van der Waals surface area (Å²) in [7, 11) is -3.60. The van der Waals surface area contributed by atoms with E-state index < -0.39 is 10.0 Å². The monoisotopic (exact) mass is 347 g/mol. The number of sulfonamides is 1. The quantitative estimate of drug-likeness (QED) is 0.870. The Morgan fingerprint density at radius 3 is 2.70 bits per heavy atom. The van der Waals surface area contributed by atoms with Crippen LogP contribution in [-0.2, 0) is 16.4 Å². The summed E-state index contributed by atoms with van der Waals surface area (Å²) in [6.07, 6.45) is 2.64. The number of thiazole rings is 1. The maximum absolute atomic E-state index is 12.4. The van der Waals surface area contributed by atoms with Crippen LogP contribution in [0.3, 0.4) is 0 Å². The second-order valence-electron chi connectivity index (χ2n) is 5.71. The Kier molecular flexibility index (Phi) is 4.48.